The van der Waals surface area contributed by atoms with Gasteiger partial charge in [-0.15, -0.1) is 0 Å². The average Bonchev–Trinajstić information content (AvgIpc) is 2.05. The minimum atomic E-state index is 0.464. The summed E-state index contributed by atoms with van der Waals surface area (Å²) in [6.07, 6.45) is 0.927. The van der Waals surface area contributed by atoms with Gasteiger partial charge in [-0.05, 0) is 0 Å². The number of hydrogen-bond acceptors (Lipinski definition) is 2. The van der Waals surface area contributed by atoms with Gasteiger partial charge in [0.2, 0.25) is 0 Å². The van der Waals surface area contributed by atoms with E-state index in [4.69, 9.17) is 9.47 Å². The fourth-order valence-corrected chi connectivity index (χ4v) is 3.34. The van der Waals surface area contributed by atoms with Crippen molar-refractivity contribution in [2.24, 2.45) is 0 Å². The molecule has 0 bridgehead atoms. The first-order valence-electron chi connectivity index (χ1n) is 3.68. The first kappa shape index (κ1) is 9.87. The van der Waals surface area contributed by atoms with Crippen LogP contribution in [-0.4, -0.2) is 25.4 Å². The molecule has 0 aromatic carbocycles. The van der Waals surface area contributed by atoms with Crippen LogP contribution in [0.3, 0.4) is 0 Å². The van der Waals surface area contributed by atoms with Gasteiger partial charge < -0.3 is 0 Å². The monoisotopic (exact) mass is 518 g/mol. The second-order valence-electron chi connectivity index (χ2n) is 2.49. The molecule has 1 aliphatic heterocycles. The van der Waals surface area contributed by atoms with Crippen LogP contribution in [0, 0.1) is 0 Å². The van der Waals surface area contributed by atoms with Crippen LogP contribution < -0.4 is 0 Å². The van der Waals surface area contributed by atoms with Crippen molar-refractivity contribution in [2.45, 2.75) is 20.1 Å². The van der Waals surface area contributed by atoms with Crippen molar-refractivity contribution in [3.05, 3.63) is 0 Å². The minimum absolute atomic E-state index is 0.464. The Labute approximate surface area is 94.0 Å². The molecule has 1 rings (SSSR count). The third-order valence-electron chi connectivity index (χ3n) is 1.64. The van der Waals surface area contributed by atoms with Gasteiger partial charge in [-0.2, -0.15) is 0 Å². The van der Waals surface area contributed by atoms with E-state index in [9.17, 15) is 0 Å². The molecule has 2 unspecified atom stereocenters. The summed E-state index contributed by atoms with van der Waals surface area (Å²) in [4.78, 5) is 0. The Morgan fingerprint density at radius 1 is 1.10 bits per heavy atom. The van der Waals surface area contributed by atoms with E-state index in [1.54, 1.807) is 0 Å². The Kier molecular flexibility index (Phi) is 5.37. The molecular formula is C6H10Hg2O2. The van der Waals surface area contributed by atoms with Crippen LogP contribution in [0.1, 0.15) is 0 Å². The van der Waals surface area contributed by atoms with Crippen molar-refractivity contribution < 1.29 is 61.7 Å². The van der Waals surface area contributed by atoms with Crippen LogP contribution in [0.2, 0.25) is 7.86 Å². The quantitative estimate of drug-likeness (QED) is 0.505. The second kappa shape index (κ2) is 5.44. The maximum atomic E-state index is 5.76. The molecule has 0 saturated carbocycles. The zero-order chi connectivity index (χ0) is 7.40. The number of ether oxygens (including phenoxy) is 2. The summed E-state index contributed by atoms with van der Waals surface area (Å²) >= 11 is 1.74. The molecule has 0 amide bonds. The van der Waals surface area contributed by atoms with Gasteiger partial charge in [0.05, 0.1) is 0 Å². The van der Waals surface area contributed by atoms with Gasteiger partial charge >= 0.3 is 95.0 Å². The fraction of sp³-hybridized carbons (Fsp3) is 1.00. The molecule has 0 radical (unpaired) electrons. The van der Waals surface area contributed by atoms with Crippen LogP contribution >= 0.6 is 0 Å². The normalized spacial score (nSPS) is 34.4. The Morgan fingerprint density at radius 3 is 2.00 bits per heavy atom. The van der Waals surface area contributed by atoms with Crippen molar-refractivity contribution in [1.82, 2.24) is 0 Å². The molecule has 4 heteroatoms. The zero-order valence-electron chi connectivity index (χ0n) is 6.21. The zero-order valence-corrected chi connectivity index (χ0v) is 17.2. The molecule has 50 valence electrons. The van der Waals surface area contributed by atoms with Crippen molar-refractivity contribution in [1.29, 1.82) is 0 Å². The molecule has 1 aliphatic rings. The SMILES string of the molecule is [Hg][CH2]C1COCC([CH2][Hg])O1. The molecular weight excluding hydrogens is 505 g/mol. The molecule has 1 saturated heterocycles. The molecule has 2 nitrogen and oxygen atoms in total. The van der Waals surface area contributed by atoms with Crippen molar-refractivity contribution >= 4 is 0 Å². The van der Waals surface area contributed by atoms with E-state index in [-0.39, 0.29) is 0 Å². The molecule has 2 atom stereocenters. The Bertz CT molecular complexity index is 89.7. The van der Waals surface area contributed by atoms with Crippen LogP contribution in [0.15, 0.2) is 0 Å². The predicted octanol–water partition coefficient (Wildman–Crippen LogP) is 0.701. The van der Waals surface area contributed by atoms with Gasteiger partial charge in [0.25, 0.3) is 0 Å². The summed E-state index contributed by atoms with van der Waals surface area (Å²) in [5, 5.41) is 0. The summed E-state index contributed by atoms with van der Waals surface area (Å²) in [6.45, 7) is 1.71. The van der Waals surface area contributed by atoms with Crippen molar-refractivity contribution in [2.75, 3.05) is 13.2 Å². The summed E-state index contributed by atoms with van der Waals surface area (Å²) in [5.74, 6) is 0. The third kappa shape index (κ3) is 3.03. The third-order valence-corrected chi connectivity index (χ3v) is 6.64. The Hall–Kier alpha value is 1.79. The Balaban J connectivity index is 2.25. The van der Waals surface area contributed by atoms with Crippen molar-refractivity contribution in [3.63, 3.8) is 0 Å². The summed E-state index contributed by atoms with van der Waals surface area (Å²) in [7, 11) is 0. The fourth-order valence-electron chi connectivity index (χ4n) is 0.984. The van der Waals surface area contributed by atoms with E-state index in [1.807, 2.05) is 0 Å². The standard InChI is InChI=1S/C6H10O2.2Hg/c1-5-3-7-4-6(2)8-5;;/h5-6H,1-4H2;;. The molecule has 1 heterocycles. The number of rotatable bonds is 2. The van der Waals surface area contributed by atoms with E-state index in [0.29, 0.717) is 12.2 Å². The van der Waals surface area contributed by atoms with Crippen LogP contribution in [-0.2, 0) is 61.7 Å². The van der Waals surface area contributed by atoms with Gasteiger partial charge in [0.1, 0.15) is 0 Å². The molecule has 0 spiro atoms. The van der Waals surface area contributed by atoms with Gasteiger partial charge in [-0.3, -0.25) is 0 Å². The second-order valence-corrected chi connectivity index (χ2v) is 6.98. The van der Waals surface area contributed by atoms with Crippen molar-refractivity contribution in [3.8, 4) is 0 Å². The van der Waals surface area contributed by atoms with Gasteiger partial charge in [0, 0.05) is 0 Å². The number of hydrogen-bond donors (Lipinski definition) is 0. The first-order valence-corrected chi connectivity index (χ1v) is 11.5. The molecule has 10 heavy (non-hydrogen) atoms. The Morgan fingerprint density at radius 2 is 1.60 bits per heavy atom. The van der Waals surface area contributed by atoms with Gasteiger partial charge in [0.15, 0.2) is 0 Å². The maximum absolute atomic E-state index is 5.76. The van der Waals surface area contributed by atoms with Crippen LogP contribution in [0.5, 0.6) is 0 Å². The van der Waals surface area contributed by atoms with E-state index >= 15 is 0 Å². The molecule has 1 fully saturated rings. The van der Waals surface area contributed by atoms with Crippen LogP contribution in [0.25, 0.3) is 0 Å². The summed E-state index contributed by atoms with van der Waals surface area (Å²) in [5.41, 5.74) is 0. The molecule has 0 aromatic rings. The first-order chi connectivity index (χ1) is 4.86. The average molecular weight is 515 g/mol. The van der Waals surface area contributed by atoms with E-state index in [2.05, 4.69) is 0 Å². The van der Waals surface area contributed by atoms with E-state index < -0.39 is 0 Å². The van der Waals surface area contributed by atoms with Gasteiger partial charge in [-0.1, -0.05) is 0 Å². The van der Waals surface area contributed by atoms with E-state index in [1.165, 1.54) is 7.86 Å². The van der Waals surface area contributed by atoms with Crippen LogP contribution in [0.4, 0.5) is 0 Å². The summed E-state index contributed by atoms with van der Waals surface area (Å²) in [6, 6.07) is 0. The predicted molar refractivity (Wildman–Crippen MR) is 29.1 cm³/mol. The topological polar surface area (TPSA) is 18.5 Å². The van der Waals surface area contributed by atoms with Gasteiger partial charge in [-0.25, -0.2) is 0 Å². The molecule has 0 aromatic heterocycles. The molecule has 0 N–H and O–H groups in total. The molecule has 0 aliphatic carbocycles. The van der Waals surface area contributed by atoms with E-state index in [0.717, 1.165) is 65.5 Å². The summed E-state index contributed by atoms with van der Waals surface area (Å²) < 4.78 is 13.7.